The summed E-state index contributed by atoms with van der Waals surface area (Å²) in [7, 11) is 0. The summed E-state index contributed by atoms with van der Waals surface area (Å²) < 4.78 is 0. The molecule has 3 N–H and O–H groups in total. The van der Waals surface area contributed by atoms with Crippen molar-refractivity contribution in [1.82, 2.24) is 0 Å². The molecule has 22 heavy (non-hydrogen) atoms. The van der Waals surface area contributed by atoms with Crippen LogP contribution in [0, 0.1) is 0 Å². The molecule has 0 amide bonds. The predicted octanol–water partition coefficient (Wildman–Crippen LogP) is 3.14. The lowest BCUT2D eigenvalue weighted by Gasteiger charge is -2.23. The van der Waals surface area contributed by atoms with Gasteiger partial charge in [-0.1, -0.05) is 42.5 Å². The molecule has 0 radical (unpaired) electrons. The van der Waals surface area contributed by atoms with E-state index in [-0.39, 0.29) is 6.04 Å². The van der Waals surface area contributed by atoms with E-state index in [1.165, 1.54) is 5.69 Å². The summed E-state index contributed by atoms with van der Waals surface area (Å²) in [5, 5.41) is 10.4. The average molecular weight is 298 g/mol. The van der Waals surface area contributed by atoms with Gasteiger partial charge in [0.05, 0.1) is 12.1 Å². The molecule has 0 spiro atoms. The van der Waals surface area contributed by atoms with Gasteiger partial charge in [-0.05, 0) is 37.1 Å². The minimum Gasteiger partial charge on any atom is -0.391 e. The van der Waals surface area contributed by atoms with Gasteiger partial charge in [0.2, 0.25) is 0 Å². The third kappa shape index (κ3) is 4.09. The summed E-state index contributed by atoms with van der Waals surface area (Å²) in [6.45, 7) is 6.26. The Labute approximate surface area is 133 Å². The number of anilines is 1. The van der Waals surface area contributed by atoms with E-state index < -0.39 is 6.10 Å². The second-order valence-electron chi connectivity index (χ2n) is 5.55. The molecule has 2 rings (SSSR count). The Hall–Kier alpha value is -1.84. The fourth-order valence-corrected chi connectivity index (χ4v) is 2.70. The first-order valence-corrected chi connectivity index (χ1v) is 7.98. The molecule has 0 aliphatic heterocycles. The second kappa shape index (κ2) is 7.97. The molecule has 2 aromatic carbocycles. The van der Waals surface area contributed by atoms with E-state index in [9.17, 15) is 5.11 Å². The van der Waals surface area contributed by atoms with E-state index >= 15 is 0 Å². The van der Waals surface area contributed by atoms with Crippen molar-refractivity contribution in [3.63, 3.8) is 0 Å². The summed E-state index contributed by atoms with van der Waals surface area (Å²) in [6.07, 6.45) is -0.0125. The summed E-state index contributed by atoms with van der Waals surface area (Å²) in [5.41, 5.74) is 9.48. The molecule has 0 aliphatic carbocycles. The molecule has 3 heteroatoms. The van der Waals surface area contributed by atoms with Gasteiger partial charge in [-0.3, -0.25) is 0 Å². The van der Waals surface area contributed by atoms with Gasteiger partial charge in [0, 0.05) is 25.2 Å². The van der Waals surface area contributed by atoms with Crippen LogP contribution in [0.5, 0.6) is 0 Å². The third-order valence-electron chi connectivity index (χ3n) is 4.11. The van der Waals surface area contributed by atoms with Gasteiger partial charge in [0.15, 0.2) is 0 Å². The standard InChI is InChI=1S/C19H26N2O/c1-3-21(4-2)17-12-10-16(11-13-17)19(20)18(22)14-15-8-6-5-7-9-15/h5-13,18-19,22H,3-4,14,20H2,1-2H3/t18-,19+/m0/s1. The van der Waals surface area contributed by atoms with Crippen LogP contribution >= 0.6 is 0 Å². The Morgan fingerprint density at radius 2 is 1.55 bits per heavy atom. The van der Waals surface area contributed by atoms with E-state index in [2.05, 4.69) is 30.9 Å². The monoisotopic (exact) mass is 298 g/mol. The van der Waals surface area contributed by atoms with Gasteiger partial charge in [-0.25, -0.2) is 0 Å². The average Bonchev–Trinajstić information content (AvgIpc) is 2.57. The fraction of sp³-hybridized carbons (Fsp3) is 0.368. The molecule has 0 fully saturated rings. The SMILES string of the molecule is CCN(CC)c1ccc([C@@H](N)[C@@H](O)Cc2ccccc2)cc1. The smallest absolute Gasteiger partial charge is 0.0773 e. The number of aliphatic hydroxyl groups excluding tert-OH is 1. The van der Waals surface area contributed by atoms with E-state index in [4.69, 9.17) is 5.73 Å². The Morgan fingerprint density at radius 1 is 0.955 bits per heavy atom. The van der Waals surface area contributed by atoms with Crippen LogP contribution < -0.4 is 10.6 Å². The molecule has 0 saturated carbocycles. The Morgan fingerprint density at radius 3 is 2.09 bits per heavy atom. The van der Waals surface area contributed by atoms with Gasteiger partial charge < -0.3 is 15.7 Å². The molecule has 0 aromatic heterocycles. The molecule has 2 atom stereocenters. The van der Waals surface area contributed by atoms with Crippen molar-refractivity contribution in [2.45, 2.75) is 32.4 Å². The largest absolute Gasteiger partial charge is 0.391 e. The minimum atomic E-state index is -0.582. The minimum absolute atomic E-state index is 0.369. The molecule has 0 bridgehead atoms. The lowest BCUT2D eigenvalue weighted by molar-refractivity contribution is 0.145. The van der Waals surface area contributed by atoms with Gasteiger partial charge in [0.1, 0.15) is 0 Å². The van der Waals surface area contributed by atoms with Crippen LogP contribution in [-0.4, -0.2) is 24.3 Å². The van der Waals surface area contributed by atoms with Crippen LogP contribution in [0.3, 0.4) is 0 Å². The van der Waals surface area contributed by atoms with E-state index in [0.29, 0.717) is 6.42 Å². The van der Waals surface area contributed by atoms with Crippen LogP contribution in [0.15, 0.2) is 54.6 Å². The number of aliphatic hydroxyl groups is 1. The Kier molecular flexibility index (Phi) is 5.99. The molecule has 0 unspecified atom stereocenters. The number of nitrogens with zero attached hydrogens (tertiary/aromatic N) is 1. The zero-order chi connectivity index (χ0) is 15.9. The van der Waals surface area contributed by atoms with Crippen molar-refractivity contribution < 1.29 is 5.11 Å². The number of rotatable bonds is 7. The van der Waals surface area contributed by atoms with E-state index in [1.807, 2.05) is 42.5 Å². The number of benzene rings is 2. The number of hydrogen-bond donors (Lipinski definition) is 2. The summed E-state index contributed by atoms with van der Waals surface area (Å²) in [4.78, 5) is 2.29. The molecular formula is C19H26N2O. The van der Waals surface area contributed by atoms with Crippen LogP contribution in [0.2, 0.25) is 0 Å². The van der Waals surface area contributed by atoms with Crippen LogP contribution in [0.1, 0.15) is 31.0 Å². The van der Waals surface area contributed by atoms with Crippen molar-refractivity contribution >= 4 is 5.69 Å². The maximum absolute atomic E-state index is 10.4. The zero-order valence-corrected chi connectivity index (χ0v) is 13.4. The van der Waals surface area contributed by atoms with Crippen molar-refractivity contribution in [2.75, 3.05) is 18.0 Å². The second-order valence-corrected chi connectivity index (χ2v) is 5.55. The summed E-state index contributed by atoms with van der Waals surface area (Å²) in [6, 6.07) is 17.8. The normalized spacial score (nSPS) is 13.6. The fourth-order valence-electron chi connectivity index (χ4n) is 2.70. The predicted molar refractivity (Wildman–Crippen MR) is 93.1 cm³/mol. The maximum Gasteiger partial charge on any atom is 0.0773 e. The molecule has 2 aromatic rings. The molecule has 3 nitrogen and oxygen atoms in total. The first-order chi connectivity index (χ1) is 10.7. The van der Waals surface area contributed by atoms with Crippen molar-refractivity contribution in [1.29, 1.82) is 0 Å². The molecule has 118 valence electrons. The molecule has 0 heterocycles. The van der Waals surface area contributed by atoms with E-state index in [0.717, 1.165) is 24.2 Å². The lowest BCUT2D eigenvalue weighted by Crippen LogP contribution is -2.28. The number of nitrogens with two attached hydrogens (primary N) is 1. The molecule has 0 aliphatic rings. The Bertz CT molecular complexity index is 549. The van der Waals surface area contributed by atoms with Gasteiger partial charge in [-0.15, -0.1) is 0 Å². The van der Waals surface area contributed by atoms with Crippen LogP contribution in [-0.2, 0) is 6.42 Å². The highest BCUT2D eigenvalue weighted by molar-refractivity contribution is 5.48. The topological polar surface area (TPSA) is 49.5 Å². The quantitative estimate of drug-likeness (QED) is 0.825. The van der Waals surface area contributed by atoms with Gasteiger partial charge in [0.25, 0.3) is 0 Å². The van der Waals surface area contributed by atoms with Crippen molar-refractivity contribution in [3.05, 3.63) is 65.7 Å². The zero-order valence-electron chi connectivity index (χ0n) is 13.4. The van der Waals surface area contributed by atoms with Gasteiger partial charge >= 0.3 is 0 Å². The molecular weight excluding hydrogens is 272 g/mol. The first-order valence-electron chi connectivity index (χ1n) is 7.98. The van der Waals surface area contributed by atoms with Gasteiger partial charge in [-0.2, -0.15) is 0 Å². The Balaban J connectivity index is 2.04. The van der Waals surface area contributed by atoms with E-state index in [1.54, 1.807) is 0 Å². The lowest BCUT2D eigenvalue weighted by atomic mass is 9.96. The highest BCUT2D eigenvalue weighted by atomic mass is 16.3. The van der Waals surface area contributed by atoms with Crippen molar-refractivity contribution in [3.8, 4) is 0 Å². The van der Waals surface area contributed by atoms with Crippen LogP contribution in [0.25, 0.3) is 0 Å². The highest BCUT2D eigenvalue weighted by Crippen LogP contribution is 2.21. The summed E-state index contributed by atoms with van der Waals surface area (Å²) in [5.74, 6) is 0. The van der Waals surface area contributed by atoms with Crippen molar-refractivity contribution in [2.24, 2.45) is 5.73 Å². The first kappa shape index (κ1) is 16.5. The molecule has 0 saturated heterocycles. The third-order valence-corrected chi connectivity index (χ3v) is 4.11. The van der Waals surface area contributed by atoms with Crippen LogP contribution in [0.4, 0.5) is 5.69 Å². The maximum atomic E-state index is 10.4. The highest BCUT2D eigenvalue weighted by Gasteiger charge is 2.17. The summed E-state index contributed by atoms with van der Waals surface area (Å²) >= 11 is 0. The number of hydrogen-bond acceptors (Lipinski definition) is 3.